The lowest BCUT2D eigenvalue weighted by atomic mass is 10.2. The molecule has 0 aliphatic carbocycles. The van der Waals surface area contributed by atoms with Gasteiger partial charge in [0.05, 0.1) is 12.9 Å². The maximum Gasteiger partial charge on any atom is 0.319 e. The maximum absolute atomic E-state index is 15.0. The van der Waals surface area contributed by atoms with E-state index < -0.39 is 39.7 Å². The number of nitrogens with two attached hydrogens (primary N) is 1. The van der Waals surface area contributed by atoms with E-state index in [-0.39, 0.29) is 23.0 Å². The Bertz CT molecular complexity index is 824. The first kappa shape index (κ1) is 18.9. The minimum Gasteiger partial charge on any atom is -0.476 e. The molecule has 26 heavy (non-hydrogen) atoms. The Morgan fingerprint density at radius 1 is 1.58 bits per heavy atom. The summed E-state index contributed by atoms with van der Waals surface area (Å²) in [6, 6.07) is 0. The molecule has 1 unspecified atom stereocenters. The Labute approximate surface area is 147 Å². The van der Waals surface area contributed by atoms with Crippen molar-refractivity contribution in [3.05, 3.63) is 6.33 Å². The molecule has 2 aromatic rings. The molecule has 0 amide bonds. The van der Waals surface area contributed by atoms with E-state index in [0.717, 1.165) is 0 Å². The van der Waals surface area contributed by atoms with Gasteiger partial charge < -0.3 is 24.3 Å². The number of halogens is 2. The first-order valence-corrected chi connectivity index (χ1v) is 8.99. The van der Waals surface area contributed by atoms with Crippen LogP contribution >= 0.6 is 8.25 Å². The van der Waals surface area contributed by atoms with E-state index in [9.17, 15) is 13.3 Å². The molecule has 1 fully saturated rings. The van der Waals surface area contributed by atoms with Crippen molar-refractivity contribution >= 4 is 25.4 Å². The highest BCUT2D eigenvalue weighted by Crippen LogP contribution is 2.41. The standard InChI is InChI=1S/C13H18F2N5O5P/c1-3-22-11-9-10(18-12(16)19-11)20(6-17-9)8(4-14)24-13(15)5-23-26(21)25-7(13)2/h6-8,26H,3-5H2,1-2H3,(H2,16,18,19)/t7-,8+,13+/m0/s1. The van der Waals surface area contributed by atoms with Gasteiger partial charge in [0.1, 0.15) is 19.4 Å². The molecule has 1 saturated heterocycles. The van der Waals surface area contributed by atoms with Crippen LogP contribution in [0.1, 0.15) is 20.1 Å². The van der Waals surface area contributed by atoms with E-state index in [1.807, 2.05) is 0 Å². The van der Waals surface area contributed by atoms with Crippen LogP contribution in [0.25, 0.3) is 11.2 Å². The highest BCUT2D eigenvalue weighted by atomic mass is 31.1. The van der Waals surface area contributed by atoms with Crippen molar-refractivity contribution in [3.63, 3.8) is 0 Å². The summed E-state index contributed by atoms with van der Waals surface area (Å²) in [5.74, 6) is -2.50. The van der Waals surface area contributed by atoms with E-state index in [2.05, 4.69) is 15.0 Å². The molecule has 0 spiro atoms. The van der Waals surface area contributed by atoms with Crippen molar-refractivity contribution in [1.82, 2.24) is 19.5 Å². The minimum atomic E-state index is -2.80. The first-order valence-electron chi connectivity index (χ1n) is 7.77. The van der Waals surface area contributed by atoms with Crippen molar-refractivity contribution in [2.24, 2.45) is 0 Å². The lowest BCUT2D eigenvalue weighted by molar-refractivity contribution is -0.266. The van der Waals surface area contributed by atoms with Crippen molar-refractivity contribution in [2.45, 2.75) is 32.0 Å². The van der Waals surface area contributed by atoms with Gasteiger partial charge >= 0.3 is 8.25 Å². The lowest BCUT2D eigenvalue weighted by Gasteiger charge is -2.36. The molecular formula is C13H18F2N5O5P. The topological polar surface area (TPSA) is 124 Å². The van der Waals surface area contributed by atoms with E-state index in [1.54, 1.807) is 6.92 Å². The molecule has 0 radical (unpaired) electrons. The SMILES string of the molecule is CCOc1nc(N)nc2c1ncn2[C@@H](CF)O[C@]1(F)CO[PH](=O)O[C@H]1C. The lowest BCUT2D eigenvalue weighted by Crippen LogP contribution is -2.47. The molecule has 4 atom stereocenters. The van der Waals surface area contributed by atoms with Gasteiger partial charge in [-0.25, -0.2) is 13.8 Å². The summed E-state index contributed by atoms with van der Waals surface area (Å²) in [4.78, 5) is 12.0. The summed E-state index contributed by atoms with van der Waals surface area (Å²) < 4.78 is 61.1. The van der Waals surface area contributed by atoms with Crippen LogP contribution in [-0.4, -0.2) is 51.4 Å². The molecule has 13 heteroatoms. The van der Waals surface area contributed by atoms with Gasteiger partial charge in [-0.05, 0) is 13.8 Å². The Morgan fingerprint density at radius 3 is 3.00 bits per heavy atom. The molecule has 3 rings (SSSR count). The molecule has 10 nitrogen and oxygen atoms in total. The van der Waals surface area contributed by atoms with Gasteiger partial charge in [-0.15, -0.1) is 0 Å². The number of hydrogen-bond acceptors (Lipinski definition) is 9. The van der Waals surface area contributed by atoms with Gasteiger partial charge in [-0.3, -0.25) is 9.13 Å². The van der Waals surface area contributed by atoms with Crippen molar-refractivity contribution in [1.29, 1.82) is 0 Å². The van der Waals surface area contributed by atoms with Crippen LogP contribution in [0, 0.1) is 0 Å². The fourth-order valence-corrected chi connectivity index (χ4v) is 3.26. The van der Waals surface area contributed by atoms with Crippen molar-refractivity contribution in [3.8, 4) is 5.88 Å². The zero-order chi connectivity index (χ0) is 18.9. The van der Waals surface area contributed by atoms with E-state index in [1.165, 1.54) is 17.8 Å². The number of aromatic nitrogens is 4. The average molecular weight is 393 g/mol. The normalized spacial score (nSPS) is 27.5. The number of fused-ring (bicyclic) bond motifs is 1. The summed E-state index contributed by atoms with van der Waals surface area (Å²) in [5, 5.41) is 0. The first-order chi connectivity index (χ1) is 12.4. The Morgan fingerprint density at radius 2 is 2.35 bits per heavy atom. The third-order valence-electron chi connectivity index (χ3n) is 3.73. The number of rotatable bonds is 6. The third kappa shape index (κ3) is 3.50. The average Bonchev–Trinajstić information content (AvgIpc) is 3.01. The molecule has 0 bridgehead atoms. The minimum absolute atomic E-state index is 0.117. The van der Waals surface area contributed by atoms with E-state index >= 15 is 0 Å². The van der Waals surface area contributed by atoms with Crippen molar-refractivity contribution in [2.75, 3.05) is 25.6 Å². The molecular weight excluding hydrogens is 375 g/mol. The summed E-state index contributed by atoms with van der Waals surface area (Å²) in [6.45, 7) is 1.61. The Kier molecular flexibility index (Phi) is 5.37. The van der Waals surface area contributed by atoms with Gasteiger partial charge in [0.15, 0.2) is 17.4 Å². The summed E-state index contributed by atoms with van der Waals surface area (Å²) in [5.41, 5.74) is 5.99. The smallest absolute Gasteiger partial charge is 0.319 e. The number of imidazole rings is 1. The molecule has 2 aromatic heterocycles. The highest BCUT2D eigenvalue weighted by Gasteiger charge is 2.46. The van der Waals surface area contributed by atoms with Crippen LogP contribution in [0.3, 0.4) is 0 Å². The second-order valence-electron chi connectivity index (χ2n) is 5.46. The summed E-state index contributed by atoms with van der Waals surface area (Å²) in [6.07, 6.45) is -1.44. The molecule has 0 aromatic carbocycles. The zero-order valence-corrected chi connectivity index (χ0v) is 15.0. The summed E-state index contributed by atoms with van der Waals surface area (Å²) >= 11 is 0. The number of nitrogens with zero attached hydrogens (tertiary/aromatic N) is 4. The van der Waals surface area contributed by atoms with Gasteiger partial charge in [0.25, 0.3) is 5.85 Å². The predicted octanol–water partition coefficient (Wildman–Crippen LogP) is 1.78. The van der Waals surface area contributed by atoms with Crippen LogP contribution in [0.4, 0.5) is 14.7 Å². The molecule has 0 saturated carbocycles. The second-order valence-corrected chi connectivity index (χ2v) is 6.48. The van der Waals surface area contributed by atoms with E-state index in [0.29, 0.717) is 6.61 Å². The Hall–Kier alpha value is -1.88. The fourth-order valence-electron chi connectivity index (χ4n) is 2.41. The number of hydrogen-bond donors (Lipinski definition) is 1. The number of alkyl halides is 2. The maximum atomic E-state index is 15.0. The van der Waals surface area contributed by atoms with E-state index in [4.69, 9.17) is 24.3 Å². The summed E-state index contributed by atoms with van der Waals surface area (Å²) in [7, 11) is -2.80. The van der Waals surface area contributed by atoms with Crippen LogP contribution in [0.2, 0.25) is 0 Å². The van der Waals surface area contributed by atoms with Gasteiger partial charge in [-0.1, -0.05) is 0 Å². The predicted molar refractivity (Wildman–Crippen MR) is 86.3 cm³/mol. The van der Waals surface area contributed by atoms with Crippen molar-refractivity contribution < 1.29 is 31.9 Å². The molecule has 1 aliphatic rings. The highest BCUT2D eigenvalue weighted by molar-refractivity contribution is 7.33. The van der Waals surface area contributed by atoms with Crippen LogP contribution < -0.4 is 10.5 Å². The molecule has 3 heterocycles. The van der Waals surface area contributed by atoms with Crippen LogP contribution in [0.15, 0.2) is 6.33 Å². The van der Waals surface area contributed by atoms with Gasteiger partial charge in [0.2, 0.25) is 11.8 Å². The largest absolute Gasteiger partial charge is 0.476 e. The monoisotopic (exact) mass is 393 g/mol. The number of ether oxygens (including phenoxy) is 2. The third-order valence-corrected chi connectivity index (χ3v) is 4.65. The molecule has 1 aliphatic heterocycles. The van der Waals surface area contributed by atoms with Gasteiger partial charge in [-0.2, -0.15) is 9.97 Å². The van der Waals surface area contributed by atoms with Crippen LogP contribution in [0.5, 0.6) is 5.88 Å². The van der Waals surface area contributed by atoms with Crippen LogP contribution in [-0.2, 0) is 18.3 Å². The molecule has 144 valence electrons. The van der Waals surface area contributed by atoms with Gasteiger partial charge in [0, 0.05) is 0 Å². The molecule has 2 N–H and O–H groups in total. The zero-order valence-electron chi connectivity index (χ0n) is 14.0. The fraction of sp³-hybridized carbons (Fsp3) is 0.615. The number of anilines is 1. The quantitative estimate of drug-likeness (QED) is 0.731. The Balaban J connectivity index is 1.94. The second kappa shape index (κ2) is 7.39. The number of nitrogen functional groups attached to an aromatic ring is 1.